The van der Waals surface area contributed by atoms with Gasteiger partial charge in [0.05, 0.1) is 12.1 Å². The second kappa shape index (κ2) is 6.05. The molecule has 2 aliphatic rings. The van der Waals surface area contributed by atoms with Crippen molar-refractivity contribution in [3.05, 3.63) is 0 Å². The van der Waals surface area contributed by atoms with Crippen LogP contribution in [0.3, 0.4) is 0 Å². The Bertz CT molecular complexity index is 242. The van der Waals surface area contributed by atoms with Crippen molar-refractivity contribution in [2.45, 2.75) is 31.4 Å². The quantitative estimate of drug-likeness (QED) is 0.712. The maximum atomic E-state index is 5.26. The van der Waals surface area contributed by atoms with Gasteiger partial charge < -0.3 is 14.5 Å². The summed E-state index contributed by atoms with van der Waals surface area (Å²) < 4.78 is 5.26. The van der Waals surface area contributed by atoms with Crippen molar-refractivity contribution in [3.63, 3.8) is 0 Å². The third kappa shape index (κ3) is 3.00. The van der Waals surface area contributed by atoms with Crippen LogP contribution in [0.15, 0.2) is 4.99 Å². The topological polar surface area (TPSA) is 28.1 Å². The van der Waals surface area contributed by atoms with Gasteiger partial charge in [0.2, 0.25) is 0 Å². The van der Waals surface area contributed by atoms with E-state index in [1.165, 1.54) is 6.42 Å². The van der Waals surface area contributed by atoms with Crippen LogP contribution in [-0.2, 0) is 4.74 Å². The van der Waals surface area contributed by atoms with Gasteiger partial charge in [0.25, 0.3) is 0 Å². The Morgan fingerprint density at radius 3 is 2.25 bits per heavy atom. The highest BCUT2D eigenvalue weighted by atomic mass is 127. The first-order chi connectivity index (χ1) is 7.20. The summed E-state index contributed by atoms with van der Waals surface area (Å²) in [5.74, 6) is 1.15. The average Bonchev–Trinajstić information content (AvgIpc) is 2.14. The fourth-order valence-electron chi connectivity index (χ4n) is 2.23. The summed E-state index contributed by atoms with van der Waals surface area (Å²) in [7, 11) is 6.04. The summed E-state index contributed by atoms with van der Waals surface area (Å²) in [4.78, 5) is 9.30. The van der Waals surface area contributed by atoms with Crippen molar-refractivity contribution in [1.29, 1.82) is 0 Å². The number of methoxy groups -OCH3 is 1. The van der Waals surface area contributed by atoms with Crippen LogP contribution < -0.4 is 0 Å². The number of rotatable bonds is 2. The SMILES string of the molecule is COC1CC(N=C2N(C)CCCN2C)C1.I. The van der Waals surface area contributed by atoms with E-state index in [2.05, 4.69) is 23.9 Å². The molecule has 0 aromatic heterocycles. The zero-order valence-corrected chi connectivity index (χ0v) is 12.7. The van der Waals surface area contributed by atoms with Crippen LogP contribution in [0.5, 0.6) is 0 Å². The molecule has 0 radical (unpaired) electrons. The lowest BCUT2D eigenvalue weighted by Crippen LogP contribution is -2.48. The fourth-order valence-corrected chi connectivity index (χ4v) is 2.23. The van der Waals surface area contributed by atoms with Crippen LogP contribution >= 0.6 is 24.0 Å². The standard InChI is InChI=1S/C11H21N3O.HI/c1-13-5-4-6-14(2)11(13)12-9-7-10(8-9)15-3;/h9-10H,4-8H2,1-3H3;1H. The predicted octanol–water partition coefficient (Wildman–Crippen LogP) is 1.41. The molecule has 1 heterocycles. The van der Waals surface area contributed by atoms with Crippen molar-refractivity contribution < 1.29 is 4.74 Å². The third-order valence-corrected chi connectivity index (χ3v) is 3.37. The number of nitrogens with zero attached hydrogens (tertiary/aromatic N) is 3. The molecule has 0 aromatic carbocycles. The van der Waals surface area contributed by atoms with Gasteiger partial charge >= 0.3 is 0 Å². The number of ether oxygens (including phenoxy) is 1. The monoisotopic (exact) mass is 339 g/mol. The van der Waals surface area contributed by atoms with Gasteiger partial charge in [0.1, 0.15) is 0 Å². The van der Waals surface area contributed by atoms with Crippen molar-refractivity contribution in [2.24, 2.45) is 4.99 Å². The van der Waals surface area contributed by atoms with Crippen LogP contribution in [0.1, 0.15) is 19.3 Å². The van der Waals surface area contributed by atoms with Crippen molar-refractivity contribution >= 4 is 29.9 Å². The molecule has 0 spiro atoms. The van der Waals surface area contributed by atoms with Gasteiger partial charge in [0, 0.05) is 34.3 Å². The Morgan fingerprint density at radius 2 is 1.75 bits per heavy atom. The maximum Gasteiger partial charge on any atom is 0.196 e. The fraction of sp³-hybridized carbons (Fsp3) is 0.909. The molecular formula is C11H22IN3O. The molecule has 0 bridgehead atoms. The normalized spacial score (nSPS) is 29.6. The Labute approximate surface area is 115 Å². The third-order valence-electron chi connectivity index (χ3n) is 3.37. The van der Waals surface area contributed by atoms with Crippen LogP contribution in [0.25, 0.3) is 0 Å². The summed E-state index contributed by atoms with van der Waals surface area (Å²) >= 11 is 0. The molecule has 2 fully saturated rings. The molecular weight excluding hydrogens is 317 g/mol. The molecule has 1 aliphatic heterocycles. The van der Waals surface area contributed by atoms with E-state index in [1.54, 1.807) is 7.11 Å². The summed E-state index contributed by atoms with van der Waals surface area (Å²) in [6.07, 6.45) is 3.85. The van der Waals surface area contributed by atoms with E-state index in [9.17, 15) is 0 Å². The summed E-state index contributed by atoms with van der Waals surface area (Å²) in [5.41, 5.74) is 0. The molecule has 0 unspecified atom stereocenters. The highest BCUT2D eigenvalue weighted by Gasteiger charge is 2.30. The smallest absolute Gasteiger partial charge is 0.196 e. The second-order valence-electron chi connectivity index (χ2n) is 4.61. The van der Waals surface area contributed by atoms with E-state index >= 15 is 0 Å². The molecule has 5 heteroatoms. The molecule has 1 aliphatic carbocycles. The Kier molecular flexibility index (Phi) is 5.30. The number of hydrogen-bond acceptors (Lipinski definition) is 2. The predicted molar refractivity (Wildman–Crippen MR) is 76.5 cm³/mol. The van der Waals surface area contributed by atoms with E-state index in [0.29, 0.717) is 12.1 Å². The minimum atomic E-state index is 0. The van der Waals surface area contributed by atoms with Crippen LogP contribution in [0.4, 0.5) is 0 Å². The van der Waals surface area contributed by atoms with E-state index in [4.69, 9.17) is 9.73 Å². The molecule has 1 saturated heterocycles. The number of halogens is 1. The number of guanidine groups is 1. The highest BCUT2D eigenvalue weighted by Crippen LogP contribution is 2.26. The lowest BCUT2D eigenvalue weighted by molar-refractivity contribution is 0.0277. The van der Waals surface area contributed by atoms with Crippen LogP contribution in [-0.4, -0.2) is 62.2 Å². The lowest BCUT2D eigenvalue weighted by atomic mass is 9.90. The minimum Gasteiger partial charge on any atom is -0.381 e. The van der Waals surface area contributed by atoms with Crippen LogP contribution in [0, 0.1) is 0 Å². The Hall–Kier alpha value is -0.0400. The van der Waals surface area contributed by atoms with Crippen molar-refractivity contribution in [2.75, 3.05) is 34.3 Å². The summed E-state index contributed by atoms with van der Waals surface area (Å²) in [5, 5.41) is 0. The molecule has 1 saturated carbocycles. The molecule has 0 N–H and O–H groups in total. The molecule has 4 nitrogen and oxygen atoms in total. The van der Waals surface area contributed by atoms with E-state index in [0.717, 1.165) is 31.9 Å². The molecule has 0 amide bonds. The first-order valence-corrected chi connectivity index (χ1v) is 5.73. The molecule has 0 aromatic rings. The van der Waals surface area contributed by atoms with Gasteiger partial charge in [-0.25, -0.2) is 4.99 Å². The van der Waals surface area contributed by atoms with E-state index in [-0.39, 0.29) is 24.0 Å². The molecule has 2 rings (SSSR count). The van der Waals surface area contributed by atoms with Gasteiger partial charge in [-0.2, -0.15) is 0 Å². The zero-order valence-electron chi connectivity index (χ0n) is 10.3. The Morgan fingerprint density at radius 1 is 1.19 bits per heavy atom. The zero-order chi connectivity index (χ0) is 10.8. The highest BCUT2D eigenvalue weighted by molar-refractivity contribution is 14.0. The van der Waals surface area contributed by atoms with Crippen molar-refractivity contribution in [3.8, 4) is 0 Å². The first kappa shape index (κ1) is 14.0. The van der Waals surface area contributed by atoms with Gasteiger partial charge in [0.15, 0.2) is 5.96 Å². The summed E-state index contributed by atoms with van der Waals surface area (Å²) in [6.45, 7) is 2.26. The molecule has 94 valence electrons. The molecule has 16 heavy (non-hydrogen) atoms. The van der Waals surface area contributed by atoms with Crippen molar-refractivity contribution in [1.82, 2.24) is 9.80 Å². The summed E-state index contributed by atoms with van der Waals surface area (Å²) in [6, 6.07) is 0.480. The van der Waals surface area contributed by atoms with E-state index in [1.807, 2.05) is 0 Å². The van der Waals surface area contributed by atoms with Gasteiger partial charge in [-0.1, -0.05) is 0 Å². The maximum absolute atomic E-state index is 5.26. The Balaban J connectivity index is 0.00000128. The lowest BCUT2D eigenvalue weighted by Gasteiger charge is -2.38. The largest absolute Gasteiger partial charge is 0.381 e. The number of hydrogen-bond donors (Lipinski definition) is 0. The van der Waals surface area contributed by atoms with Gasteiger partial charge in [-0.3, -0.25) is 0 Å². The first-order valence-electron chi connectivity index (χ1n) is 5.73. The average molecular weight is 339 g/mol. The van der Waals surface area contributed by atoms with Gasteiger partial charge in [-0.15, -0.1) is 24.0 Å². The second-order valence-corrected chi connectivity index (χ2v) is 4.61. The van der Waals surface area contributed by atoms with Gasteiger partial charge in [-0.05, 0) is 19.3 Å². The van der Waals surface area contributed by atoms with E-state index < -0.39 is 0 Å². The molecule has 0 atom stereocenters. The number of aliphatic imine (C=N–C) groups is 1. The minimum absolute atomic E-state index is 0. The van der Waals surface area contributed by atoms with Crippen LogP contribution in [0.2, 0.25) is 0 Å².